The highest BCUT2D eigenvalue weighted by molar-refractivity contribution is 5.85. The van der Waals surface area contributed by atoms with Gasteiger partial charge in [0.25, 0.3) is 0 Å². The van der Waals surface area contributed by atoms with Crippen LogP contribution in [0, 0.1) is 0 Å². The van der Waals surface area contributed by atoms with Crippen molar-refractivity contribution in [3.8, 4) is 11.5 Å². The van der Waals surface area contributed by atoms with Gasteiger partial charge in [0.1, 0.15) is 17.6 Å². The molecule has 0 saturated carbocycles. The van der Waals surface area contributed by atoms with Crippen molar-refractivity contribution in [1.82, 2.24) is 5.32 Å². The smallest absolute Gasteiger partial charge is 0.221 e. The summed E-state index contributed by atoms with van der Waals surface area (Å²) < 4.78 is 10.7. The quantitative estimate of drug-likeness (QED) is 0.804. The molecule has 0 spiro atoms. The van der Waals surface area contributed by atoms with E-state index in [-0.39, 0.29) is 30.5 Å². The third-order valence-corrected chi connectivity index (χ3v) is 2.49. The van der Waals surface area contributed by atoms with Gasteiger partial charge in [-0.15, -0.1) is 12.4 Å². The first-order valence-corrected chi connectivity index (χ1v) is 6.34. The summed E-state index contributed by atoms with van der Waals surface area (Å²) in [6.07, 6.45) is 0.223. The largest absolute Gasteiger partial charge is 0.497 e. The molecule has 5 nitrogen and oxygen atoms in total. The van der Waals surface area contributed by atoms with E-state index in [0.29, 0.717) is 13.0 Å². The number of hydrogen-bond acceptors (Lipinski definition) is 4. The van der Waals surface area contributed by atoms with Crippen LogP contribution in [-0.4, -0.2) is 31.7 Å². The Hall–Kier alpha value is -1.46. The Morgan fingerprint density at radius 1 is 1.25 bits per heavy atom. The maximum atomic E-state index is 11.4. The predicted molar refractivity (Wildman–Crippen MR) is 81.6 cm³/mol. The Kier molecular flexibility index (Phi) is 8.76. The van der Waals surface area contributed by atoms with Crippen molar-refractivity contribution in [3.63, 3.8) is 0 Å². The Balaban J connectivity index is 0.00000361. The minimum absolute atomic E-state index is 0. The maximum absolute atomic E-state index is 11.4. The monoisotopic (exact) mass is 302 g/mol. The summed E-state index contributed by atoms with van der Waals surface area (Å²) in [5.74, 6) is 1.47. The van der Waals surface area contributed by atoms with Crippen LogP contribution in [0.2, 0.25) is 0 Å². The molecule has 0 aliphatic carbocycles. The van der Waals surface area contributed by atoms with E-state index in [2.05, 4.69) is 5.32 Å². The van der Waals surface area contributed by atoms with Crippen LogP contribution >= 0.6 is 12.4 Å². The number of amides is 1. The standard InChI is InChI=1S/C14H22N2O3.ClH/c1-10(15)8-14(17)16-9-11(2)19-13-6-4-12(18-3)5-7-13;/h4-7,10-11H,8-9,15H2,1-3H3,(H,16,17);1H. The van der Waals surface area contributed by atoms with Gasteiger partial charge in [0, 0.05) is 12.5 Å². The zero-order valence-electron chi connectivity index (χ0n) is 12.1. The van der Waals surface area contributed by atoms with Gasteiger partial charge in [-0.1, -0.05) is 0 Å². The average Bonchev–Trinajstić information content (AvgIpc) is 2.36. The summed E-state index contributed by atoms with van der Waals surface area (Å²) >= 11 is 0. The Morgan fingerprint density at radius 2 is 1.80 bits per heavy atom. The van der Waals surface area contributed by atoms with E-state index in [1.807, 2.05) is 31.2 Å². The number of nitrogens with one attached hydrogen (secondary N) is 1. The average molecular weight is 303 g/mol. The SMILES string of the molecule is COc1ccc(OC(C)CNC(=O)CC(C)N)cc1.Cl. The second-order valence-corrected chi connectivity index (χ2v) is 4.59. The number of hydrogen-bond donors (Lipinski definition) is 2. The molecule has 114 valence electrons. The van der Waals surface area contributed by atoms with Crippen molar-refractivity contribution in [2.75, 3.05) is 13.7 Å². The van der Waals surface area contributed by atoms with Crippen LogP contribution in [0.1, 0.15) is 20.3 Å². The van der Waals surface area contributed by atoms with E-state index >= 15 is 0 Å². The fourth-order valence-corrected chi connectivity index (χ4v) is 1.55. The van der Waals surface area contributed by atoms with E-state index in [4.69, 9.17) is 15.2 Å². The summed E-state index contributed by atoms with van der Waals surface area (Å²) in [6.45, 7) is 4.16. The Bertz CT molecular complexity index is 396. The first kappa shape index (κ1) is 18.5. The molecule has 0 saturated heterocycles. The lowest BCUT2D eigenvalue weighted by Crippen LogP contribution is -2.36. The van der Waals surface area contributed by atoms with Gasteiger partial charge in [0.05, 0.1) is 13.7 Å². The molecule has 0 aliphatic rings. The molecule has 3 N–H and O–H groups in total. The lowest BCUT2D eigenvalue weighted by molar-refractivity contribution is -0.121. The second-order valence-electron chi connectivity index (χ2n) is 4.59. The van der Waals surface area contributed by atoms with Crippen molar-refractivity contribution in [2.45, 2.75) is 32.4 Å². The Labute approximate surface area is 126 Å². The van der Waals surface area contributed by atoms with E-state index < -0.39 is 0 Å². The number of halogens is 1. The van der Waals surface area contributed by atoms with Crippen molar-refractivity contribution in [1.29, 1.82) is 0 Å². The maximum Gasteiger partial charge on any atom is 0.221 e. The molecule has 0 radical (unpaired) electrons. The number of ether oxygens (including phenoxy) is 2. The van der Waals surface area contributed by atoms with Crippen LogP contribution in [0.25, 0.3) is 0 Å². The fraction of sp³-hybridized carbons (Fsp3) is 0.500. The molecule has 1 amide bonds. The molecule has 1 rings (SSSR count). The lowest BCUT2D eigenvalue weighted by atomic mass is 10.2. The highest BCUT2D eigenvalue weighted by Gasteiger charge is 2.08. The molecule has 0 heterocycles. The van der Waals surface area contributed by atoms with E-state index in [9.17, 15) is 4.79 Å². The minimum Gasteiger partial charge on any atom is -0.497 e. The Morgan fingerprint density at radius 3 is 2.30 bits per heavy atom. The normalized spacial score (nSPS) is 12.8. The van der Waals surface area contributed by atoms with Gasteiger partial charge in [-0.2, -0.15) is 0 Å². The van der Waals surface area contributed by atoms with E-state index in [0.717, 1.165) is 11.5 Å². The molecule has 2 unspecified atom stereocenters. The first-order chi connectivity index (χ1) is 9.01. The van der Waals surface area contributed by atoms with Crippen LogP contribution in [0.3, 0.4) is 0 Å². The molecule has 0 aromatic heterocycles. The van der Waals surface area contributed by atoms with Crippen LogP contribution in [-0.2, 0) is 4.79 Å². The van der Waals surface area contributed by atoms with Gasteiger partial charge in [-0.3, -0.25) is 4.79 Å². The third-order valence-electron chi connectivity index (χ3n) is 2.49. The molecule has 0 fully saturated rings. The number of carbonyl (C=O) groups excluding carboxylic acids is 1. The van der Waals surface area contributed by atoms with Crippen molar-refractivity contribution >= 4 is 18.3 Å². The number of benzene rings is 1. The molecule has 0 bridgehead atoms. The molecule has 0 aliphatic heterocycles. The highest BCUT2D eigenvalue weighted by Crippen LogP contribution is 2.17. The number of methoxy groups -OCH3 is 1. The van der Waals surface area contributed by atoms with Gasteiger partial charge < -0.3 is 20.5 Å². The summed E-state index contributed by atoms with van der Waals surface area (Å²) in [6, 6.07) is 7.20. The van der Waals surface area contributed by atoms with Crippen molar-refractivity contribution in [2.24, 2.45) is 5.73 Å². The molecule has 1 aromatic rings. The lowest BCUT2D eigenvalue weighted by Gasteiger charge is -2.16. The zero-order chi connectivity index (χ0) is 14.3. The van der Waals surface area contributed by atoms with Gasteiger partial charge in [-0.05, 0) is 38.1 Å². The zero-order valence-corrected chi connectivity index (χ0v) is 12.9. The third kappa shape index (κ3) is 7.21. The highest BCUT2D eigenvalue weighted by atomic mass is 35.5. The molecule has 2 atom stereocenters. The summed E-state index contributed by atoms with van der Waals surface area (Å²) in [7, 11) is 1.62. The first-order valence-electron chi connectivity index (χ1n) is 6.34. The van der Waals surface area contributed by atoms with E-state index in [1.54, 1.807) is 14.0 Å². The van der Waals surface area contributed by atoms with Crippen LogP contribution in [0.15, 0.2) is 24.3 Å². The van der Waals surface area contributed by atoms with E-state index in [1.165, 1.54) is 0 Å². The number of nitrogens with two attached hydrogens (primary N) is 1. The molecular formula is C14H23ClN2O3. The van der Waals surface area contributed by atoms with Gasteiger partial charge >= 0.3 is 0 Å². The molecule has 6 heteroatoms. The van der Waals surface area contributed by atoms with Gasteiger partial charge in [0.15, 0.2) is 0 Å². The van der Waals surface area contributed by atoms with Crippen LogP contribution in [0.4, 0.5) is 0 Å². The fourth-order valence-electron chi connectivity index (χ4n) is 1.55. The van der Waals surface area contributed by atoms with Crippen molar-refractivity contribution < 1.29 is 14.3 Å². The summed E-state index contributed by atoms with van der Waals surface area (Å²) in [5, 5.41) is 2.79. The summed E-state index contributed by atoms with van der Waals surface area (Å²) in [5.41, 5.74) is 5.55. The predicted octanol–water partition coefficient (Wildman–Crippen LogP) is 1.74. The van der Waals surface area contributed by atoms with Gasteiger partial charge in [-0.25, -0.2) is 0 Å². The second kappa shape index (κ2) is 9.44. The molecular weight excluding hydrogens is 280 g/mol. The molecule has 20 heavy (non-hydrogen) atoms. The summed E-state index contributed by atoms with van der Waals surface area (Å²) in [4.78, 5) is 11.4. The van der Waals surface area contributed by atoms with Crippen LogP contribution < -0.4 is 20.5 Å². The van der Waals surface area contributed by atoms with Crippen LogP contribution in [0.5, 0.6) is 11.5 Å². The number of carbonyl (C=O) groups is 1. The van der Waals surface area contributed by atoms with Crippen molar-refractivity contribution in [3.05, 3.63) is 24.3 Å². The topological polar surface area (TPSA) is 73.6 Å². The van der Waals surface area contributed by atoms with Gasteiger partial charge in [0.2, 0.25) is 5.91 Å². The molecule has 1 aromatic carbocycles. The number of rotatable bonds is 7. The minimum atomic E-state index is -0.127.